The molecule has 4 nitrogen and oxygen atoms in total. The van der Waals surface area contributed by atoms with E-state index in [1.807, 2.05) is 23.1 Å². The highest BCUT2D eigenvalue weighted by molar-refractivity contribution is 6.35. The summed E-state index contributed by atoms with van der Waals surface area (Å²) in [5.74, 6) is 0.879. The lowest BCUT2D eigenvalue weighted by Crippen LogP contribution is -2.49. The summed E-state index contributed by atoms with van der Waals surface area (Å²) >= 11 is 12.2. The van der Waals surface area contributed by atoms with Crippen molar-refractivity contribution in [1.29, 1.82) is 0 Å². The average Bonchev–Trinajstić information content (AvgIpc) is 2.69. The summed E-state index contributed by atoms with van der Waals surface area (Å²) in [6, 6.07) is 15.3. The minimum absolute atomic E-state index is 0.0789. The maximum absolute atomic E-state index is 12.8. The number of rotatable bonds is 2. The highest BCUT2D eigenvalue weighted by Crippen LogP contribution is 2.25. The van der Waals surface area contributed by atoms with Gasteiger partial charge in [-0.25, -0.2) is 4.98 Å². The summed E-state index contributed by atoms with van der Waals surface area (Å²) in [7, 11) is 0. The van der Waals surface area contributed by atoms with Crippen LogP contribution >= 0.6 is 23.2 Å². The molecule has 0 atom stereocenters. The van der Waals surface area contributed by atoms with Crippen molar-refractivity contribution < 1.29 is 4.79 Å². The van der Waals surface area contributed by atoms with E-state index in [-0.39, 0.29) is 5.91 Å². The quantitative estimate of drug-likeness (QED) is 0.619. The SMILES string of the molecule is Cc1cc(N2CCN(C(=O)c3cc(Cl)ccc3Cl)CC2)nc2ccccc12. The van der Waals surface area contributed by atoms with Crippen LogP contribution in [0.5, 0.6) is 0 Å². The summed E-state index contributed by atoms with van der Waals surface area (Å²) in [6.07, 6.45) is 0. The number of carbonyl (C=O) groups is 1. The van der Waals surface area contributed by atoms with Gasteiger partial charge in [0.2, 0.25) is 0 Å². The number of para-hydroxylation sites is 1. The van der Waals surface area contributed by atoms with Crippen LogP contribution in [-0.4, -0.2) is 42.0 Å². The third-order valence-corrected chi connectivity index (χ3v) is 5.52. The number of hydrogen-bond acceptors (Lipinski definition) is 3. The third-order valence-electron chi connectivity index (χ3n) is 4.96. The first-order chi connectivity index (χ1) is 13.0. The van der Waals surface area contributed by atoms with Crippen molar-refractivity contribution in [3.8, 4) is 0 Å². The van der Waals surface area contributed by atoms with E-state index in [1.165, 1.54) is 10.9 Å². The van der Waals surface area contributed by atoms with E-state index in [1.54, 1.807) is 18.2 Å². The Morgan fingerprint density at radius 1 is 1.00 bits per heavy atom. The molecule has 6 heteroatoms. The predicted molar refractivity (Wildman–Crippen MR) is 111 cm³/mol. The van der Waals surface area contributed by atoms with E-state index in [0.717, 1.165) is 24.4 Å². The zero-order chi connectivity index (χ0) is 19.0. The number of aryl methyl sites for hydroxylation is 1. The average molecular weight is 400 g/mol. The summed E-state index contributed by atoms with van der Waals surface area (Å²) in [5.41, 5.74) is 2.66. The van der Waals surface area contributed by atoms with Crippen molar-refractivity contribution in [2.45, 2.75) is 6.92 Å². The van der Waals surface area contributed by atoms with E-state index in [9.17, 15) is 4.79 Å². The molecule has 0 radical (unpaired) electrons. The lowest BCUT2D eigenvalue weighted by molar-refractivity contribution is 0.0746. The van der Waals surface area contributed by atoms with E-state index >= 15 is 0 Å². The number of pyridine rings is 1. The molecule has 2 heterocycles. The Bertz CT molecular complexity index is 1010. The number of piperazine rings is 1. The van der Waals surface area contributed by atoms with Crippen LogP contribution in [0.3, 0.4) is 0 Å². The number of hydrogen-bond donors (Lipinski definition) is 0. The highest BCUT2D eigenvalue weighted by Gasteiger charge is 2.24. The van der Waals surface area contributed by atoms with E-state index in [2.05, 4.69) is 24.0 Å². The fourth-order valence-electron chi connectivity index (χ4n) is 3.46. The Balaban J connectivity index is 1.51. The Labute approximate surface area is 168 Å². The molecule has 0 saturated carbocycles. The molecule has 1 fully saturated rings. The Kier molecular flexibility index (Phi) is 4.94. The number of nitrogens with zero attached hydrogens (tertiary/aromatic N) is 3. The van der Waals surface area contributed by atoms with Crippen LogP contribution in [0.2, 0.25) is 10.0 Å². The fourth-order valence-corrected chi connectivity index (χ4v) is 3.83. The maximum atomic E-state index is 12.8. The standard InChI is InChI=1S/C21H19Cl2N3O/c1-14-12-20(24-19-5-3-2-4-16(14)19)25-8-10-26(11-9-25)21(27)17-13-15(22)6-7-18(17)23/h2-7,12-13H,8-11H2,1H3. The molecule has 0 N–H and O–H groups in total. The molecule has 1 saturated heterocycles. The first-order valence-electron chi connectivity index (χ1n) is 8.88. The van der Waals surface area contributed by atoms with Crippen LogP contribution in [-0.2, 0) is 0 Å². The van der Waals surface area contributed by atoms with Crippen molar-refractivity contribution in [2.75, 3.05) is 31.1 Å². The number of anilines is 1. The molecule has 0 bridgehead atoms. The third kappa shape index (κ3) is 3.60. The number of amides is 1. The first kappa shape index (κ1) is 18.1. The molecular weight excluding hydrogens is 381 g/mol. The van der Waals surface area contributed by atoms with E-state index in [4.69, 9.17) is 28.2 Å². The number of carbonyl (C=O) groups excluding carboxylic acids is 1. The normalized spacial score (nSPS) is 14.6. The number of aromatic nitrogens is 1. The van der Waals surface area contributed by atoms with Gasteiger partial charge in [0.1, 0.15) is 5.82 Å². The molecule has 3 aromatic rings. The van der Waals surface area contributed by atoms with Crippen molar-refractivity contribution in [1.82, 2.24) is 9.88 Å². The van der Waals surface area contributed by atoms with Gasteiger partial charge in [0.15, 0.2) is 0 Å². The van der Waals surface area contributed by atoms with Gasteiger partial charge in [-0.15, -0.1) is 0 Å². The van der Waals surface area contributed by atoms with Gasteiger partial charge in [-0.05, 0) is 42.8 Å². The molecule has 1 amide bonds. The van der Waals surface area contributed by atoms with Crippen molar-refractivity contribution in [2.24, 2.45) is 0 Å². The molecular formula is C21H19Cl2N3O. The lowest BCUT2D eigenvalue weighted by atomic mass is 10.1. The molecule has 4 rings (SSSR count). The highest BCUT2D eigenvalue weighted by atomic mass is 35.5. The van der Waals surface area contributed by atoms with Gasteiger partial charge < -0.3 is 9.80 Å². The first-order valence-corrected chi connectivity index (χ1v) is 9.64. The Morgan fingerprint density at radius 3 is 2.52 bits per heavy atom. The molecule has 1 aliphatic heterocycles. The molecule has 2 aromatic carbocycles. The second-order valence-electron chi connectivity index (χ2n) is 6.72. The van der Waals surface area contributed by atoms with Gasteiger partial charge in [0, 0.05) is 36.6 Å². The Hall–Kier alpha value is -2.30. The summed E-state index contributed by atoms with van der Waals surface area (Å²) in [4.78, 5) is 21.6. The molecule has 0 aliphatic carbocycles. The number of benzene rings is 2. The minimum Gasteiger partial charge on any atom is -0.353 e. The van der Waals surface area contributed by atoms with Gasteiger partial charge in [-0.3, -0.25) is 4.79 Å². The molecule has 138 valence electrons. The summed E-state index contributed by atoms with van der Waals surface area (Å²) in [6.45, 7) is 4.81. The van der Waals surface area contributed by atoms with E-state index in [0.29, 0.717) is 28.7 Å². The minimum atomic E-state index is -0.0789. The summed E-state index contributed by atoms with van der Waals surface area (Å²) in [5, 5.41) is 2.11. The van der Waals surface area contributed by atoms with Crippen LogP contribution in [0.4, 0.5) is 5.82 Å². The van der Waals surface area contributed by atoms with Crippen molar-refractivity contribution in [3.05, 3.63) is 69.7 Å². The van der Waals surface area contributed by atoms with Gasteiger partial charge in [-0.1, -0.05) is 41.4 Å². The van der Waals surface area contributed by atoms with Gasteiger partial charge in [-0.2, -0.15) is 0 Å². The fraction of sp³-hybridized carbons (Fsp3) is 0.238. The van der Waals surface area contributed by atoms with Crippen LogP contribution in [0.1, 0.15) is 15.9 Å². The zero-order valence-corrected chi connectivity index (χ0v) is 16.5. The van der Waals surface area contributed by atoms with E-state index < -0.39 is 0 Å². The van der Waals surface area contributed by atoms with Gasteiger partial charge in [0.05, 0.1) is 16.1 Å². The summed E-state index contributed by atoms with van der Waals surface area (Å²) < 4.78 is 0. The maximum Gasteiger partial charge on any atom is 0.255 e. The Morgan fingerprint density at radius 2 is 1.74 bits per heavy atom. The molecule has 1 aromatic heterocycles. The second-order valence-corrected chi connectivity index (χ2v) is 7.56. The molecule has 0 unspecified atom stereocenters. The van der Waals surface area contributed by atoms with Crippen LogP contribution in [0.15, 0.2) is 48.5 Å². The van der Waals surface area contributed by atoms with Gasteiger partial charge >= 0.3 is 0 Å². The number of halogens is 2. The zero-order valence-electron chi connectivity index (χ0n) is 15.0. The van der Waals surface area contributed by atoms with Crippen molar-refractivity contribution in [3.63, 3.8) is 0 Å². The van der Waals surface area contributed by atoms with Crippen LogP contribution in [0, 0.1) is 6.92 Å². The molecule has 0 spiro atoms. The van der Waals surface area contributed by atoms with Crippen LogP contribution < -0.4 is 4.90 Å². The number of fused-ring (bicyclic) bond motifs is 1. The lowest BCUT2D eigenvalue weighted by Gasteiger charge is -2.35. The van der Waals surface area contributed by atoms with Crippen LogP contribution in [0.25, 0.3) is 10.9 Å². The topological polar surface area (TPSA) is 36.4 Å². The second kappa shape index (κ2) is 7.37. The van der Waals surface area contributed by atoms with Crippen molar-refractivity contribution >= 4 is 45.8 Å². The molecule has 27 heavy (non-hydrogen) atoms. The monoisotopic (exact) mass is 399 g/mol. The smallest absolute Gasteiger partial charge is 0.255 e. The predicted octanol–water partition coefficient (Wildman–Crippen LogP) is 4.81. The van der Waals surface area contributed by atoms with Gasteiger partial charge in [0.25, 0.3) is 5.91 Å². The molecule has 1 aliphatic rings. The largest absolute Gasteiger partial charge is 0.353 e.